The Morgan fingerprint density at radius 3 is 2.17 bits per heavy atom. The minimum atomic E-state index is -0.689. The van der Waals surface area contributed by atoms with Gasteiger partial charge in [0.15, 0.2) is 11.5 Å². The van der Waals surface area contributed by atoms with Gasteiger partial charge in [-0.15, -0.1) is 0 Å². The molecule has 4 nitrogen and oxygen atoms in total. The summed E-state index contributed by atoms with van der Waals surface area (Å²) in [4.78, 5) is 15.0. The van der Waals surface area contributed by atoms with Gasteiger partial charge in [0.05, 0.1) is 19.6 Å². The van der Waals surface area contributed by atoms with Crippen LogP contribution in [0.15, 0.2) is 48.5 Å². The molecule has 0 aliphatic rings. The van der Waals surface area contributed by atoms with Crippen molar-refractivity contribution in [1.82, 2.24) is 0 Å². The highest BCUT2D eigenvalue weighted by atomic mass is 16.5. The molecule has 2 aromatic carbocycles. The van der Waals surface area contributed by atoms with E-state index in [1.807, 2.05) is 69.3 Å². The zero-order valence-corrected chi connectivity index (χ0v) is 15.0. The topological polar surface area (TPSA) is 38.8 Å². The van der Waals surface area contributed by atoms with E-state index in [4.69, 9.17) is 9.47 Å². The molecule has 0 atom stereocenters. The van der Waals surface area contributed by atoms with Gasteiger partial charge < -0.3 is 14.4 Å². The molecule has 0 saturated carbocycles. The fourth-order valence-corrected chi connectivity index (χ4v) is 2.74. The number of amides is 1. The molecule has 128 valence electrons. The van der Waals surface area contributed by atoms with Crippen LogP contribution >= 0.6 is 0 Å². The van der Waals surface area contributed by atoms with Gasteiger partial charge >= 0.3 is 0 Å². The van der Waals surface area contributed by atoms with Crippen molar-refractivity contribution in [2.45, 2.75) is 26.2 Å². The van der Waals surface area contributed by atoms with Gasteiger partial charge in [0.1, 0.15) is 0 Å². The second-order valence-electron chi connectivity index (χ2n) is 6.08. The lowest BCUT2D eigenvalue weighted by Gasteiger charge is -2.32. The van der Waals surface area contributed by atoms with Crippen LogP contribution in [0.4, 0.5) is 5.69 Å². The molecule has 2 rings (SSSR count). The van der Waals surface area contributed by atoms with E-state index in [1.54, 1.807) is 19.1 Å². The third kappa shape index (κ3) is 3.37. The number of para-hydroxylation sites is 1. The normalized spacial score (nSPS) is 11.0. The highest BCUT2D eigenvalue weighted by Crippen LogP contribution is 2.35. The molecule has 0 heterocycles. The number of rotatable bonds is 6. The number of carbonyl (C=O) groups is 1. The van der Waals surface area contributed by atoms with Crippen LogP contribution in [0, 0.1) is 0 Å². The van der Waals surface area contributed by atoms with Gasteiger partial charge in [0, 0.05) is 12.2 Å². The average molecular weight is 327 g/mol. The van der Waals surface area contributed by atoms with Gasteiger partial charge in [-0.2, -0.15) is 0 Å². The molecule has 4 heteroatoms. The van der Waals surface area contributed by atoms with E-state index in [9.17, 15) is 4.79 Å². The molecule has 24 heavy (non-hydrogen) atoms. The number of likely N-dealkylation sites (N-methyl/N-ethyl adjacent to an activating group) is 1. The molecule has 2 aromatic rings. The Morgan fingerprint density at radius 2 is 1.62 bits per heavy atom. The first-order chi connectivity index (χ1) is 11.5. The lowest BCUT2D eigenvalue weighted by atomic mass is 9.82. The van der Waals surface area contributed by atoms with Crippen molar-refractivity contribution in [2.75, 3.05) is 25.7 Å². The summed E-state index contributed by atoms with van der Waals surface area (Å²) < 4.78 is 10.7. The summed E-state index contributed by atoms with van der Waals surface area (Å²) in [5.74, 6) is 1.32. The molecule has 0 aliphatic heterocycles. The number of anilines is 1. The van der Waals surface area contributed by atoms with Gasteiger partial charge in [0.25, 0.3) is 0 Å². The summed E-state index contributed by atoms with van der Waals surface area (Å²) in [6, 6.07) is 15.3. The number of methoxy groups -OCH3 is 2. The van der Waals surface area contributed by atoms with Crippen molar-refractivity contribution in [3.8, 4) is 11.5 Å². The van der Waals surface area contributed by atoms with E-state index < -0.39 is 5.41 Å². The van der Waals surface area contributed by atoms with Crippen molar-refractivity contribution < 1.29 is 14.3 Å². The average Bonchev–Trinajstić information content (AvgIpc) is 2.62. The Balaban J connectivity index is 2.39. The third-order valence-corrected chi connectivity index (χ3v) is 4.27. The monoisotopic (exact) mass is 327 g/mol. The van der Waals surface area contributed by atoms with Gasteiger partial charge in [-0.1, -0.05) is 24.3 Å². The molecule has 0 fully saturated rings. The number of benzene rings is 2. The van der Waals surface area contributed by atoms with Gasteiger partial charge in [-0.25, -0.2) is 0 Å². The molecule has 0 unspecified atom stereocenters. The molecular weight excluding hydrogens is 302 g/mol. The Morgan fingerprint density at radius 1 is 1.00 bits per heavy atom. The van der Waals surface area contributed by atoms with Crippen LogP contribution in [0.2, 0.25) is 0 Å². The fourth-order valence-electron chi connectivity index (χ4n) is 2.74. The number of nitrogens with zero attached hydrogens (tertiary/aromatic N) is 1. The van der Waals surface area contributed by atoms with Crippen LogP contribution in [0.1, 0.15) is 26.3 Å². The van der Waals surface area contributed by atoms with E-state index in [-0.39, 0.29) is 5.91 Å². The largest absolute Gasteiger partial charge is 0.493 e. The predicted molar refractivity (Wildman–Crippen MR) is 97.0 cm³/mol. The third-order valence-electron chi connectivity index (χ3n) is 4.27. The maximum Gasteiger partial charge on any atom is 0.237 e. The van der Waals surface area contributed by atoms with Crippen molar-refractivity contribution in [2.24, 2.45) is 0 Å². The molecule has 0 bridgehead atoms. The summed E-state index contributed by atoms with van der Waals surface area (Å²) in [5.41, 5.74) is 1.10. The quantitative estimate of drug-likeness (QED) is 0.804. The number of ether oxygens (including phenoxy) is 2. The molecule has 1 amide bonds. The standard InChI is InChI=1S/C20H25NO3/c1-6-21(16-10-8-7-9-11-16)19(22)20(2,3)15-12-13-17(23-4)18(14-15)24-5/h7-14H,6H2,1-5H3. The maximum absolute atomic E-state index is 13.2. The van der Waals surface area contributed by atoms with Gasteiger partial charge in [0.2, 0.25) is 5.91 Å². The van der Waals surface area contributed by atoms with Crippen LogP contribution in [0.25, 0.3) is 0 Å². The molecule has 0 spiro atoms. The predicted octanol–water partition coefficient (Wildman–Crippen LogP) is 4.03. The summed E-state index contributed by atoms with van der Waals surface area (Å²) >= 11 is 0. The highest BCUT2D eigenvalue weighted by molar-refractivity contribution is 6.00. The maximum atomic E-state index is 13.2. The van der Waals surface area contributed by atoms with Crippen molar-refractivity contribution in [1.29, 1.82) is 0 Å². The smallest absolute Gasteiger partial charge is 0.237 e. The van der Waals surface area contributed by atoms with Crippen molar-refractivity contribution >= 4 is 11.6 Å². The van der Waals surface area contributed by atoms with Gasteiger partial charge in [-0.05, 0) is 50.6 Å². The van der Waals surface area contributed by atoms with E-state index in [0.29, 0.717) is 18.0 Å². The number of carbonyl (C=O) groups excluding carboxylic acids is 1. The highest BCUT2D eigenvalue weighted by Gasteiger charge is 2.34. The Labute approximate surface area is 144 Å². The first kappa shape index (κ1) is 17.9. The Kier molecular flexibility index (Phi) is 5.50. The zero-order valence-electron chi connectivity index (χ0n) is 15.0. The van der Waals surface area contributed by atoms with E-state index in [0.717, 1.165) is 11.3 Å². The minimum Gasteiger partial charge on any atom is -0.493 e. The summed E-state index contributed by atoms with van der Waals surface area (Å²) in [6.07, 6.45) is 0. The van der Waals surface area contributed by atoms with Crippen LogP contribution in [0.5, 0.6) is 11.5 Å². The van der Waals surface area contributed by atoms with E-state index in [2.05, 4.69) is 0 Å². The second-order valence-corrected chi connectivity index (χ2v) is 6.08. The summed E-state index contributed by atoms with van der Waals surface area (Å²) in [6.45, 7) is 6.46. The van der Waals surface area contributed by atoms with E-state index in [1.165, 1.54) is 0 Å². The molecule has 0 aliphatic carbocycles. The lowest BCUT2D eigenvalue weighted by molar-refractivity contribution is -0.123. The minimum absolute atomic E-state index is 0.0448. The lowest BCUT2D eigenvalue weighted by Crippen LogP contribution is -2.43. The van der Waals surface area contributed by atoms with Crippen molar-refractivity contribution in [3.05, 3.63) is 54.1 Å². The SMILES string of the molecule is CCN(C(=O)C(C)(C)c1ccc(OC)c(OC)c1)c1ccccc1. The molecular formula is C20H25NO3. The molecule has 0 aromatic heterocycles. The molecule has 0 radical (unpaired) electrons. The zero-order chi connectivity index (χ0) is 17.7. The van der Waals surface area contributed by atoms with Crippen LogP contribution in [-0.2, 0) is 10.2 Å². The van der Waals surface area contributed by atoms with Crippen LogP contribution < -0.4 is 14.4 Å². The molecule has 0 N–H and O–H groups in total. The van der Waals surface area contributed by atoms with E-state index >= 15 is 0 Å². The van der Waals surface area contributed by atoms with Crippen LogP contribution in [0.3, 0.4) is 0 Å². The molecule has 0 saturated heterocycles. The number of hydrogen-bond acceptors (Lipinski definition) is 3. The Bertz CT molecular complexity index is 695. The second kappa shape index (κ2) is 7.39. The summed E-state index contributed by atoms with van der Waals surface area (Å²) in [7, 11) is 3.20. The Hall–Kier alpha value is -2.49. The van der Waals surface area contributed by atoms with Crippen molar-refractivity contribution in [3.63, 3.8) is 0 Å². The fraction of sp³-hybridized carbons (Fsp3) is 0.350. The van der Waals surface area contributed by atoms with Crippen LogP contribution in [-0.4, -0.2) is 26.7 Å². The van der Waals surface area contributed by atoms with Gasteiger partial charge in [-0.3, -0.25) is 4.79 Å². The first-order valence-electron chi connectivity index (χ1n) is 8.05. The summed E-state index contributed by atoms with van der Waals surface area (Å²) in [5, 5.41) is 0. The number of hydrogen-bond donors (Lipinski definition) is 0. The first-order valence-corrected chi connectivity index (χ1v) is 8.05.